The summed E-state index contributed by atoms with van der Waals surface area (Å²) in [6.45, 7) is 9.74. The van der Waals surface area contributed by atoms with E-state index in [0.29, 0.717) is 12.1 Å². The molecule has 0 aromatic heterocycles. The van der Waals surface area contributed by atoms with Crippen molar-refractivity contribution in [3.8, 4) is 6.07 Å². The molecule has 1 fully saturated rings. The van der Waals surface area contributed by atoms with Crippen LogP contribution in [-0.4, -0.2) is 65.1 Å². The number of halogens is 1. The van der Waals surface area contributed by atoms with Crippen LogP contribution in [-0.2, 0) is 19.8 Å². The van der Waals surface area contributed by atoms with Crippen LogP contribution in [0.4, 0.5) is 10.1 Å². The Morgan fingerprint density at radius 3 is 2.42 bits per heavy atom. The van der Waals surface area contributed by atoms with Crippen molar-refractivity contribution in [1.29, 1.82) is 5.26 Å². The minimum atomic E-state index is -1.05. The molecule has 2 N–H and O–H groups in total. The number of carbonyl (C=O) groups is 4. The number of nitriles is 1. The minimum absolute atomic E-state index is 0.0201. The Labute approximate surface area is 252 Å². The molecule has 2 aliphatic heterocycles. The van der Waals surface area contributed by atoms with Crippen molar-refractivity contribution >= 4 is 29.3 Å². The summed E-state index contributed by atoms with van der Waals surface area (Å²) < 4.78 is 13.4. The van der Waals surface area contributed by atoms with Gasteiger partial charge in [-0.1, -0.05) is 52.8 Å². The number of likely N-dealkylation sites (tertiary alicyclic amines) is 1. The van der Waals surface area contributed by atoms with Gasteiger partial charge in [0.15, 0.2) is 0 Å². The number of hydrogen-bond donors (Lipinski definition) is 2. The van der Waals surface area contributed by atoms with Crippen LogP contribution in [0.15, 0.2) is 48.5 Å². The van der Waals surface area contributed by atoms with E-state index in [9.17, 15) is 28.8 Å². The van der Waals surface area contributed by atoms with Crippen molar-refractivity contribution in [3.63, 3.8) is 0 Å². The maximum absolute atomic E-state index is 14.3. The van der Waals surface area contributed by atoms with E-state index < -0.39 is 47.1 Å². The average molecular weight is 590 g/mol. The van der Waals surface area contributed by atoms with Crippen LogP contribution < -0.4 is 10.6 Å². The number of likely N-dealkylation sites (N-methyl/N-ethyl adjacent to an activating group) is 1. The summed E-state index contributed by atoms with van der Waals surface area (Å²) in [7, 11) is 1.54. The predicted molar refractivity (Wildman–Crippen MR) is 160 cm³/mol. The van der Waals surface area contributed by atoms with Gasteiger partial charge in [0.1, 0.15) is 23.9 Å². The zero-order chi connectivity index (χ0) is 31.7. The smallest absolute Gasteiger partial charge is 0.251 e. The van der Waals surface area contributed by atoms with Crippen LogP contribution in [0.5, 0.6) is 0 Å². The van der Waals surface area contributed by atoms with E-state index in [1.807, 2.05) is 52.8 Å². The first-order valence-electron chi connectivity index (χ1n) is 14.6. The van der Waals surface area contributed by atoms with E-state index in [4.69, 9.17) is 0 Å². The zero-order valence-corrected chi connectivity index (χ0v) is 25.6. The van der Waals surface area contributed by atoms with Gasteiger partial charge in [-0.15, -0.1) is 0 Å². The fourth-order valence-electron chi connectivity index (χ4n) is 6.10. The molecule has 10 heteroatoms. The summed E-state index contributed by atoms with van der Waals surface area (Å²) in [4.78, 5) is 57.4. The molecule has 2 aromatic rings. The second-order valence-corrected chi connectivity index (χ2v) is 13.3. The number of fused-ring (bicyclic) bond motifs is 2. The fraction of sp³-hybridized carbons (Fsp3) is 0.485. The Balaban J connectivity index is 1.62. The molecular weight excluding hydrogens is 549 g/mol. The van der Waals surface area contributed by atoms with Gasteiger partial charge in [0.25, 0.3) is 5.91 Å². The van der Waals surface area contributed by atoms with Gasteiger partial charge in [0.05, 0.1) is 11.5 Å². The van der Waals surface area contributed by atoms with E-state index in [0.717, 1.165) is 5.56 Å². The zero-order valence-electron chi connectivity index (χ0n) is 25.6. The van der Waals surface area contributed by atoms with Gasteiger partial charge in [0, 0.05) is 31.3 Å². The first kappa shape index (κ1) is 31.7. The third-order valence-corrected chi connectivity index (χ3v) is 8.24. The molecule has 0 radical (unpaired) electrons. The molecule has 2 aliphatic rings. The van der Waals surface area contributed by atoms with Crippen molar-refractivity contribution < 1.29 is 23.6 Å². The topological polar surface area (TPSA) is 123 Å². The highest BCUT2D eigenvalue weighted by Crippen LogP contribution is 2.46. The number of carbonyl (C=O) groups excluding carboxylic acids is 4. The Morgan fingerprint density at radius 2 is 1.81 bits per heavy atom. The number of rotatable bonds is 8. The van der Waals surface area contributed by atoms with E-state index in [-0.39, 0.29) is 42.2 Å². The molecule has 2 aromatic carbocycles. The molecule has 43 heavy (non-hydrogen) atoms. The van der Waals surface area contributed by atoms with Gasteiger partial charge < -0.3 is 20.4 Å². The van der Waals surface area contributed by atoms with Crippen LogP contribution in [0.25, 0.3) is 0 Å². The lowest BCUT2D eigenvalue weighted by molar-refractivity contribution is -0.146. The van der Waals surface area contributed by atoms with Crippen LogP contribution >= 0.6 is 0 Å². The Morgan fingerprint density at radius 1 is 1.16 bits per heavy atom. The van der Waals surface area contributed by atoms with E-state index in [1.54, 1.807) is 6.07 Å². The average Bonchev–Trinajstić information content (AvgIpc) is 3.47. The van der Waals surface area contributed by atoms with Crippen molar-refractivity contribution in [2.24, 2.45) is 11.3 Å². The molecule has 1 spiro atoms. The summed E-state index contributed by atoms with van der Waals surface area (Å²) >= 11 is 0. The Bertz CT molecular complexity index is 1440. The highest BCUT2D eigenvalue weighted by Gasteiger charge is 2.56. The molecule has 0 bridgehead atoms. The van der Waals surface area contributed by atoms with Gasteiger partial charge in [-0.3, -0.25) is 19.2 Å². The van der Waals surface area contributed by atoms with Gasteiger partial charge >= 0.3 is 0 Å². The fourth-order valence-corrected chi connectivity index (χ4v) is 6.10. The monoisotopic (exact) mass is 589 g/mol. The van der Waals surface area contributed by atoms with Gasteiger partial charge in [0.2, 0.25) is 17.7 Å². The minimum Gasteiger partial charge on any atom is -0.340 e. The number of nitrogens with zero attached hydrogens (tertiary/aromatic N) is 3. The summed E-state index contributed by atoms with van der Waals surface area (Å²) in [5, 5.41) is 15.8. The van der Waals surface area contributed by atoms with Crippen LogP contribution in [0.3, 0.4) is 0 Å². The SMILES string of the molecule is CC(C)C[C@@H](C(=O)N1C[C@]2(C[C@H]1C#N)C(=O)Nc1ccccc12)N(C)C(=O)C(CC(C)(C)C)NC(=O)c1ccc(F)cc1. The molecular formula is C33H40FN5O4. The van der Waals surface area contributed by atoms with Crippen LogP contribution in [0.2, 0.25) is 0 Å². The van der Waals surface area contributed by atoms with E-state index in [2.05, 4.69) is 16.7 Å². The van der Waals surface area contributed by atoms with Crippen molar-refractivity contribution in [1.82, 2.24) is 15.1 Å². The van der Waals surface area contributed by atoms with Gasteiger partial charge in [-0.2, -0.15) is 5.26 Å². The first-order chi connectivity index (χ1) is 20.2. The molecule has 9 nitrogen and oxygen atoms in total. The second-order valence-electron chi connectivity index (χ2n) is 13.3. The molecule has 4 rings (SSSR count). The number of hydrogen-bond acceptors (Lipinski definition) is 5. The first-order valence-corrected chi connectivity index (χ1v) is 14.6. The van der Waals surface area contributed by atoms with Crippen molar-refractivity contribution in [3.05, 3.63) is 65.5 Å². The quantitative estimate of drug-likeness (QED) is 0.477. The lowest BCUT2D eigenvalue weighted by Gasteiger charge is -2.36. The summed E-state index contributed by atoms with van der Waals surface area (Å²) in [5.74, 6) is -2.10. The number of nitrogens with one attached hydrogen (secondary N) is 2. The molecule has 0 aliphatic carbocycles. The number of amides is 4. The van der Waals surface area contributed by atoms with Crippen LogP contribution in [0.1, 0.15) is 69.8 Å². The van der Waals surface area contributed by atoms with Crippen molar-refractivity contribution in [2.75, 3.05) is 18.9 Å². The molecule has 4 amide bonds. The van der Waals surface area contributed by atoms with Gasteiger partial charge in [-0.05, 0) is 60.1 Å². The number of para-hydroxylation sites is 1. The largest absolute Gasteiger partial charge is 0.340 e. The summed E-state index contributed by atoms with van der Waals surface area (Å²) in [6.07, 6.45) is 0.764. The van der Waals surface area contributed by atoms with E-state index in [1.165, 1.54) is 41.1 Å². The molecule has 228 valence electrons. The molecule has 2 heterocycles. The maximum Gasteiger partial charge on any atom is 0.251 e. The summed E-state index contributed by atoms with van der Waals surface area (Å²) in [6, 6.07) is 11.8. The van der Waals surface area contributed by atoms with Crippen LogP contribution in [0, 0.1) is 28.5 Å². The number of anilines is 1. The third kappa shape index (κ3) is 6.56. The van der Waals surface area contributed by atoms with Crippen molar-refractivity contribution in [2.45, 2.75) is 77.4 Å². The normalized spacial score (nSPS) is 20.8. The predicted octanol–water partition coefficient (Wildman–Crippen LogP) is 4.25. The highest BCUT2D eigenvalue weighted by atomic mass is 19.1. The second kappa shape index (κ2) is 12.2. The molecule has 1 unspecified atom stereocenters. The van der Waals surface area contributed by atoms with Gasteiger partial charge in [-0.25, -0.2) is 4.39 Å². The third-order valence-electron chi connectivity index (χ3n) is 8.24. The summed E-state index contributed by atoms with van der Waals surface area (Å²) in [5.41, 5.74) is 0.237. The maximum atomic E-state index is 14.3. The lowest BCUT2D eigenvalue weighted by Crippen LogP contribution is -2.56. The lowest BCUT2D eigenvalue weighted by atomic mass is 9.80. The molecule has 0 saturated carbocycles. The molecule has 1 saturated heterocycles. The standard InChI is InChI=1S/C33H40FN5O4/c1-20(2)15-27(30(42)39-19-33(16-23(39)18-35)24-9-7-8-10-25(24)37-31(33)43)38(6)29(41)26(17-32(3,4)5)36-28(40)21-11-13-22(34)14-12-21/h7-14,20,23,26-27H,15-17,19H2,1-6H3,(H,36,40)(H,37,43)/t23-,26?,27-,33-/m0/s1. The Hall–Kier alpha value is -4.26. The van der Waals surface area contributed by atoms with E-state index >= 15 is 0 Å². The Kier molecular flexibility index (Phi) is 8.95. The molecule has 4 atom stereocenters. The highest BCUT2D eigenvalue weighted by molar-refractivity contribution is 6.07. The number of benzene rings is 2.